The van der Waals surface area contributed by atoms with E-state index in [0.29, 0.717) is 0 Å². The molecule has 2 heteroatoms. The van der Waals surface area contributed by atoms with Gasteiger partial charge >= 0.3 is 18.9 Å². The Morgan fingerprint density at radius 3 is 2.42 bits per heavy atom. The van der Waals surface area contributed by atoms with Crippen LogP contribution in [0, 0.1) is 6.92 Å². The fourth-order valence-electron chi connectivity index (χ4n) is 0.809. The van der Waals surface area contributed by atoms with E-state index in [1.54, 1.807) is 0 Å². The van der Waals surface area contributed by atoms with E-state index in [-0.39, 0.29) is 18.9 Å². The Kier molecular flexibility index (Phi) is 7.04. The van der Waals surface area contributed by atoms with Crippen molar-refractivity contribution < 1.29 is 23.6 Å². The van der Waals surface area contributed by atoms with Crippen molar-refractivity contribution in [1.82, 2.24) is 0 Å². The largest absolute Gasteiger partial charge is 1.00 e. The van der Waals surface area contributed by atoms with E-state index in [1.807, 2.05) is 30.3 Å². The van der Waals surface area contributed by atoms with Crippen LogP contribution in [0.3, 0.4) is 0 Å². The molecule has 60 valence electrons. The van der Waals surface area contributed by atoms with Crippen LogP contribution in [0.4, 0.5) is 0 Å². The first-order chi connectivity index (χ1) is 5.43. The molecule has 0 saturated carbocycles. The fourth-order valence-corrected chi connectivity index (χ4v) is 0.809. The van der Waals surface area contributed by atoms with Gasteiger partial charge in [-0.2, -0.15) is 6.42 Å². The third-order valence-corrected chi connectivity index (χ3v) is 1.41. The van der Waals surface area contributed by atoms with E-state index in [9.17, 15) is 0 Å². The molecule has 0 amide bonds. The van der Waals surface area contributed by atoms with Gasteiger partial charge < -0.3 is 11.7 Å². The van der Waals surface area contributed by atoms with E-state index >= 15 is 0 Å². The predicted octanol–water partition coefficient (Wildman–Crippen LogP) is -0.316. The molecule has 0 aliphatic rings. The summed E-state index contributed by atoms with van der Waals surface area (Å²) in [5.74, 6) is 0.945. The molecule has 0 aliphatic heterocycles. The number of benzene rings is 1. The van der Waals surface area contributed by atoms with Crippen molar-refractivity contribution in [2.45, 2.75) is 12.8 Å². The summed E-state index contributed by atoms with van der Waals surface area (Å²) in [5.41, 5.74) is 0. The van der Waals surface area contributed by atoms with Gasteiger partial charge in [-0.05, 0) is 18.6 Å². The van der Waals surface area contributed by atoms with Crippen molar-refractivity contribution in [2.75, 3.05) is 6.61 Å². The second-order valence-corrected chi connectivity index (χ2v) is 2.37. The van der Waals surface area contributed by atoms with Crippen molar-refractivity contribution in [3.05, 3.63) is 37.3 Å². The Labute approximate surface area is 86.3 Å². The Balaban J connectivity index is 0.00000121. The van der Waals surface area contributed by atoms with Gasteiger partial charge in [0.1, 0.15) is 5.75 Å². The molecule has 0 heterocycles. The van der Waals surface area contributed by atoms with Gasteiger partial charge in [0, 0.05) is 0 Å². The molecule has 0 bridgehead atoms. The van der Waals surface area contributed by atoms with E-state index in [2.05, 4.69) is 6.92 Å². The van der Waals surface area contributed by atoms with Crippen LogP contribution in [0.2, 0.25) is 0 Å². The molecule has 0 aromatic heterocycles. The molecule has 1 aromatic carbocycles. The van der Waals surface area contributed by atoms with Crippen molar-refractivity contribution in [2.24, 2.45) is 0 Å². The maximum atomic E-state index is 5.41. The van der Waals surface area contributed by atoms with Crippen molar-refractivity contribution in [1.29, 1.82) is 0 Å². The monoisotopic (exact) mass is 156 g/mol. The van der Waals surface area contributed by atoms with Crippen LogP contribution in [-0.4, -0.2) is 6.61 Å². The topological polar surface area (TPSA) is 9.23 Å². The number of ether oxygens (including phenoxy) is 1. The number of para-hydroxylation sites is 1. The van der Waals surface area contributed by atoms with Gasteiger partial charge in [0.2, 0.25) is 0 Å². The number of rotatable bonds is 4. The number of hydrogen-bond donors (Lipinski definition) is 0. The molecule has 0 N–H and O–H groups in total. The summed E-state index contributed by atoms with van der Waals surface area (Å²) >= 11 is 0. The van der Waals surface area contributed by atoms with Gasteiger partial charge in [0.25, 0.3) is 0 Å². The Bertz CT molecular complexity index is 186. The standard InChI is InChI=1S/C10H13O.Li/c1-2-3-9-11-10-7-5-4-6-8-10;/h4-8H,1-3,9H2;/q-1;+1. The minimum Gasteiger partial charge on any atom is -0.494 e. The fraction of sp³-hybridized carbons (Fsp3) is 0.300. The van der Waals surface area contributed by atoms with Crippen molar-refractivity contribution in [3.63, 3.8) is 0 Å². The first-order valence-electron chi connectivity index (χ1n) is 3.90. The van der Waals surface area contributed by atoms with Crippen LogP contribution in [-0.2, 0) is 0 Å². The van der Waals surface area contributed by atoms with Gasteiger partial charge in [0.15, 0.2) is 0 Å². The van der Waals surface area contributed by atoms with E-state index in [0.717, 1.165) is 25.2 Å². The van der Waals surface area contributed by atoms with Crippen LogP contribution < -0.4 is 23.6 Å². The van der Waals surface area contributed by atoms with Gasteiger partial charge in [0.05, 0.1) is 6.61 Å². The van der Waals surface area contributed by atoms with Crippen LogP contribution in [0.5, 0.6) is 5.75 Å². The third kappa shape index (κ3) is 4.49. The molecular weight excluding hydrogens is 143 g/mol. The van der Waals surface area contributed by atoms with Gasteiger partial charge in [-0.1, -0.05) is 18.2 Å². The quantitative estimate of drug-likeness (QED) is 0.330. The van der Waals surface area contributed by atoms with E-state index < -0.39 is 0 Å². The average Bonchev–Trinajstić information content (AvgIpc) is 2.07. The molecular formula is C10H13LiO. The zero-order chi connectivity index (χ0) is 7.94. The maximum Gasteiger partial charge on any atom is 1.00 e. The first kappa shape index (κ1) is 11.6. The molecule has 0 radical (unpaired) electrons. The zero-order valence-corrected chi connectivity index (χ0v) is 7.62. The SMILES string of the molecule is [CH2-]CCCOc1ccccc1.[Li+]. The molecule has 0 unspecified atom stereocenters. The van der Waals surface area contributed by atoms with E-state index in [1.165, 1.54) is 0 Å². The van der Waals surface area contributed by atoms with Crippen molar-refractivity contribution >= 4 is 0 Å². The average molecular weight is 156 g/mol. The minimum atomic E-state index is 0. The summed E-state index contributed by atoms with van der Waals surface area (Å²) < 4.78 is 5.41. The smallest absolute Gasteiger partial charge is 0.494 e. The third-order valence-electron chi connectivity index (χ3n) is 1.41. The Morgan fingerprint density at radius 1 is 1.17 bits per heavy atom. The van der Waals surface area contributed by atoms with Crippen LogP contribution in [0.1, 0.15) is 12.8 Å². The molecule has 0 spiro atoms. The molecule has 1 aromatic rings. The molecule has 0 saturated heterocycles. The zero-order valence-electron chi connectivity index (χ0n) is 7.62. The van der Waals surface area contributed by atoms with Gasteiger partial charge in [-0.15, -0.1) is 0 Å². The summed E-state index contributed by atoms with van der Waals surface area (Å²) in [6.07, 6.45) is 1.96. The number of unbranched alkanes of at least 4 members (excludes halogenated alkanes) is 1. The first-order valence-corrected chi connectivity index (χ1v) is 3.90. The van der Waals surface area contributed by atoms with E-state index in [4.69, 9.17) is 4.74 Å². The van der Waals surface area contributed by atoms with Gasteiger partial charge in [-0.25, -0.2) is 0 Å². The van der Waals surface area contributed by atoms with Crippen LogP contribution >= 0.6 is 0 Å². The minimum absolute atomic E-state index is 0. The summed E-state index contributed by atoms with van der Waals surface area (Å²) in [5, 5.41) is 0. The Morgan fingerprint density at radius 2 is 1.83 bits per heavy atom. The second-order valence-electron chi connectivity index (χ2n) is 2.37. The molecule has 0 fully saturated rings. The maximum absolute atomic E-state index is 5.41. The molecule has 1 rings (SSSR count). The van der Waals surface area contributed by atoms with Crippen molar-refractivity contribution in [3.8, 4) is 5.75 Å². The normalized spacial score (nSPS) is 8.75. The summed E-state index contributed by atoms with van der Waals surface area (Å²) in [6, 6.07) is 9.85. The molecule has 12 heavy (non-hydrogen) atoms. The van der Waals surface area contributed by atoms with Crippen LogP contribution in [0.15, 0.2) is 30.3 Å². The molecule has 1 nitrogen and oxygen atoms in total. The molecule has 0 atom stereocenters. The van der Waals surface area contributed by atoms with Gasteiger partial charge in [-0.3, -0.25) is 0 Å². The second kappa shape index (κ2) is 7.28. The van der Waals surface area contributed by atoms with Crippen LogP contribution in [0.25, 0.3) is 0 Å². The summed E-state index contributed by atoms with van der Waals surface area (Å²) in [6.45, 7) is 4.51. The Hall–Kier alpha value is -0.383. The molecule has 0 aliphatic carbocycles. The summed E-state index contributed by atoms with van der Waals surface area (Å²) in [7, 11) is 0. The number of hydrogen-bond acceptors (Lipinski definition) is 1. The predicted molar refractivity (Wildman–Crippen MR) is 46.5 cm³/mol. The summed E-state index contributed by atoms with van der Waals surface area (Å²) in [4.78, 5) is 0.